The number of anilines is 1. The third-order valence-corrected chi connectivity index (χ3v) is 4.91. The van der Waals surface area contributed by atoms with Crippen LogP contribution in [-0.4, -0.2) is 22.0 Å². The molecule has 0 radical (unpaired) electrons. The summed E-state index contributed by atoms with van der Waals surface area (Å²) in [6.07, 6.45) is 5.29. The molecule has 0 saturated heterocycles. The summed E-state index contributed by atoms with van der Waals surface area (Å²) in [5.41, 5.74) is 3.83. The Morgan fingerprint density at radius 2 is 2.08 bits per heavy atom. The van der Waals surface area contributed by atoms with Crippen molar-refractivity contribution in [3.8, 4) is 0 Å². The van der Waals surface area contributed by atoms with Crippen LogP contribution in [0.1, 0.15) is 24.0 Å². The highest BCUT2D eigenvalue weighted by Gasteiger charge is 2.35. The highest BCUT2D eigenvalue weighted by atomic mass is 16.5. The Morgan fingerprint density at radius 3 is 2.88 bits per heavy atom. The SMILES string of the molecule is Cc1c(NC(=O)C2CC(OCc3ccccc3)C2)cnc2[nH]ccc12. The number of aromatic amines is 1. The number of H-pyrrole nitrogens is 1. The number of aryl methyl sites for hydroxylation is 1. The van der Waals surface area contributed by atoms with Crippen LogP contribution in [0.3, 0.4) is 0 Å². The third-order valence-electron chi connectivity index (χ3n) is 4.91. The van der Waals surface area contributed by atoms with Gasteiger partial charge in [0.25, 0.3) is 0 Å². The van der Waals surface area contributed by atoms with Crippen LogP contribution < -0.4 is 5.32 Å². The fourth-order valence-corrected chi connectivity index (χ4v) is 3.21. The van der Waals surface area contributed by atoms with Crippen molar-refractivity contribution in [1.82, 2.24) is 9.97 Å². The van der Waals surface area contributed by atoms with Crippen molar-refractivity contribution in [2.75, 3.05) is 5.32 Å². The maximum atomic E-state index is 12.4. The third kappa shape index (κ3) is 3.28. The Kier molecular flexibility index (Phi) is 4.24. The van der Waals surface area contributed by atoms with E-state index in [1.807, 2.05) is 37.4 Å². The predicted octanol–water partition coefficient (Wildman–Crippen LogP) is 3.81. The van der Waals surface area contributed by atoms with Gasteiger partial charge in [0.05, 0.1) is 24.6 Å². The number of amides is 1. The molecular formula is C20H21N3O2. The smallest absolute Gasteiger partial charge is 0.227 e. The molecule has 0 bridgehead atoms. The van der Waals surface area contributed by atoms with Gasteiger partial charge in [-0.3, -0.25) is 4.79 Å². The van der Waals surface area contributed by atoms with Crippen LogP contribution in [0.2, 0.25) is 0 Å². The monoisotopic (exact) mass is 335 g/mol. The number of pyridine rings is 1. The van der Waals surface area contributed by atoms with Gasteiger partial charge in [-0.1, -0.05) is 30.3 Å². The molecule has 5 heteroatoms. The maximum absolute atomic E-state index is 12.4. The summed E-state index contributed by atoms with van der Waals surface area (Å²) in [7, 11) is 0. The first kappa shape index (κ1) is 15.8. The van der Waals surface area contributed by atoms with Crippen LogP contribution in [0.15, 0.2) is 48.8 Å². The number of carbonyl (C=O) groups is 1. The molecule has 2 aromatic heterocycles. The zero-order valence-corrected chi connectivity index (χ0v) is 14.2. The molecule has 0 spiro atoms. The summed E-state index contributed by atoms with van der Waals surface area (Å²) in [6.45, 7) is 2.60. The van der Waals surface area contributed by atoms with Crippen molar-refractivity contribution in [3.63, 3.8) is 0 Å². The number of nitrogens with zero attached hydrogens (tertiary/aromatic N) is 1. The molecule has 3 aromatic rings. The molecule has 0 unspecified atom stereocenters. The second-order valence-electron chi connectivity index (χ2n) is 6.61. The Morgan fingerprint density at radius 1 is 1.28 bits per heavy atom. The topological polar surface area (TPSA) is 67.0 Å². The predicted molar refractivity (Wildman–Crippen MR) is 97.2 cm³/mol. The number of hydrogen-bond acceptors (Lipinski definition) is 3. The van der Waals surface area contributed by atoms with Gasteiger partial charge in [-0.05, 0) is 37.0 Å². The Labute approximate surface area is 146 Å². The molecular weight excluding hydrogens is 314 g/mol. The molecule has 1 aromatic carbocycles. The van der Waals surface area contributed by atoms with Crippen LogP contribution in [0.4, 0.5) is 5.69 Å². The summed E-state index contributed by atoms with van der Waals surface area (Å²) >= 11 is 0. The first-order chi connectivity index (χ1) is 12.2. The van der Waals surface area contributed by atoms with Crippen LogP contribution in [-0.2, 0) is 16.1 Å². The number of ether oxygens (including phenoxy) is 1. The van der Waals surface area contributed by atoms with Crippen molar-refractivity contribution in [1.29, 1.82) is 0 Å². The van der Waals surface area contributed by atoms with Crippen molar-refractivity contribution >= 4 is 22.6 Å². The van der Waals surface area contributed by atoms with E-state index in [2.05, 4.69) is 27.4 Å². The van der Waals surface area contributed by atoms with E-state index in [4.69, 9.17) is 4.74 Å². The molecule has 0 aliphatic heterocycles. The van der Waals surface area contributed by atoms with Gasteiger partial charge in [0, 0.05) is 17.5 Å². The standard InChI is InChI=1S/C20H21N3O2/c1-13-17-7-8-21-19(17)22-11-18(13)23-20(24)15-9-16(10-15)25-12-14-5-3-2-4-6-14/h2-8,11,15-16H,9-10,12H2,1H3,(H,21,22)(H,23,24). The summed E-state index contributed by atoms with van der Waals surface area (Å²) in [5, 5.41) is 4.06. The lowest BCUT2D eigenvalue weighted by molar-refractivity contribution is -0.129. The molecule has 128 valence electrons. The van der Waals surface area contributed by atoms with E-state index < -0.39 is 0 Å². The van der Waals surface area contributed by atoms with Gasteiger partial charge < -0.3 is 15.0 Å². The van der Waals surface area contributed by atoms with E-state index >= 15 is 0 Å². The second kappa shape index (κ2) is 6.69. The van der Waals surface area contributed by atoms with Gasteiger partial charge in [0.2, 0.25) is 5.91 Å². The number of hydrogen-bond donors (Lipinski definition) is 2. The molecule has 0 atom stereocenters. The number of benzene rings is 1. The van der Waals surface area contributed by atoms with E-state index in [1.54, 1.807) is 6.20 Å². The van der Waals surface area contributed by atoms with Gasteiger partial charge >= 0.3 is 0 Å². The molecule has 5 nitrogen and oxygen atoms in total. The lowest BCUT2D eigenvalue weighted by Gasteiger charge is -2.34. The minimum atomic E-state index is 0.0158. The lowest BCUT2D eigenvalue weighted by Crippen LogP contribution is -2.39. The molecule has 1 fully saturated rings. The van der Waals surface area contributed by atoms with E-state index in [0.29, 0.717) is 6.61 Å². The summed E-state index contributed by atoms with van der Waals surface area (Å²) in [6, 6.07) is 12.1. The van der Waals surface area contributed by atoms with Crippen LogP contribution in [0.25, 0.3) is 11.0 Å². The van der Waals surface area contributed by atoms with E-state index in [9.17, 15) is 4.79 Å². The minimum Gasteiger partial charge on any atom is -0.373 e. The molecule has 1 saturated carbocycles. The van der Waals surface area contributed by atoms with Crippen molar-refractivity contribution in [2.24, 2.45) is 5.92 Å². The molecule has 4 rings (SSSR count). The van der Waals surface area contributed by atoms with Crippen molar-refractivity contribution in [3.05, 3.63) is 59.9 Å². The number of nitrogens with one attached hydrogen (secondary N) is 2. The summed E-state index contributed by atoms with van der Waals surface area (Å²) in [5.74, 6) is 0.0708. The quantitative estimate of drug-likeness (QED) is 0.745. The first-order valence-corrected chi connectivity index (χ1v) is 8.60. The molecule has 1 aliphatic rings. The molecule has 1 amide bonds. The van der Waals surface area contributed by atoms with Gasteiger partial charge in [-0.15, -0.1) is 0 Å². The largest absolute Gasteiger partial charge is 0.373 e. The number of carbonyl (C=O) groups excluding carboxylic acids is 1. The number of aromatic nitrogens is 2. The molecule has 1 aliphatic carbocycles. The summed E-state index contributed by atoms with van der Waals surface area (Å²) in [4.78, 5) is 19.9. The van der Waals surface area contributed by atoms with Crippen LogP contribution >= 0.6 is 0 Å². The second-order valence-corrected chi connectivity index (χ2v) is 6.61. The molecule has 2 heterocycles. The van der Waals surface area contributed by atoms with Gasteiger partial charge in [-0.2, -0.15) is 0 Å². The van der Waals surface area contributed by atoms with Crippen molar-refractivity contribution < 1.29 is 9.53 Å². The fraction of sp³-hybridized carbons (Fsp3) is 0.300. The van der Waals surface area contributed by atoms with Gasteiger partial charge in [0.1, 0.15) is 5.65 Å². The average Bonchev–Trinajstić information content (AvgIpc) is 3.06. The minimum absolute atomic E-state index is 0.0158. The Balaban J connectivity index is 1.30. The van der Waals surface area contributed by atoms with E-state index in [0.717, 1.165) is 40.7 Å². The lowest BCUT2D eigenvalue weighted by atomic mass is 9.81. The Hall–Kier alpha value is -2.66. The summed E-state index contributed by atoms with van der Waals surface area (Å²) < 4.78 is 5.87. The average molecular weight is 335 g/mol. The highest BCUT2D eigenvalue weighted by molar-refractivity contribution is 5.96. The van der Waals surface area contributed by atoms with Gasteiger partial charge in [-0.25, -0.2) is 4.98 Å². The first-order valence-electron chi connectivity index (χ1n) is 8.60. The molecule has 25 heavy (non-hydrogen) atoms. The van der Waals surface area contributed by atoms with Crippen LogP contribution in [0.5, 0.6) is 0 Å². The highest BCUT2D eigenvalue weighted by Crippen LogP contribution is 2.32. The fourth-order valence-electron chi connectivity index (χ4n) is 3.21. The van der Waals surface area contributed by atoms with E-state index in [1.165, 1.54) is 0 Å². The molecule has 2 N–H and O–H groups in total. The number of fused-ring (bicyclic) bond motifs is 1. The maximum Gasteiger partial charge on any atom is 0.227 e. The van der Waals surface area contributed by atoms with Crippen LogP contribution in [0, 0.1) is 12.8 Å². The number of rotatable bonds is 5. The Bertz CT molecular complexity index is 882. The zero-order valence-electron chi connectivity index (χ0n) is 14.2. The van der Waals surface area contributed by atoms with Crippen molar-refractivity contribution in [2.45, 2.75) is 32.5 Å². The van der Waals surface area contributed by atoms with E-state index in [-0.39, 0.29) is 17.9 Å². The zero-order chi connectivity index (χ0) is 17.2. The normalized spacial score (nSPS) is 19.6. The van der Waals surface area contributed by atoms with Gasteiger partial charge in [0.15, 0.2) is 0 Å².